The zero-order chi connectivity index (χ0) is 14.7. The highest BCUT2D eigenvalue weighted by atomic mass is 35.5. The monoisotopic (exact) mass is 291 g/mol. The summed E-state index contributed by atoms with van der Waals surface area (Å²) in [5.74, 6) is -1.14. The van der Waals surface area contributed by atoms with Crippen LogP contribution in [0.5, 0.6) is 11.5 Å². The summed E-state index contributed by atoms with van der Waals surface area (Å²) < 4.78 is 5.47. The minimum Gasteiger partial charge on any atom is -0.478 e. The van der Waals surface area contributed by atoms with Gasteiger partial charge in [0, 0.05) is 10.6 Å². The van der Waals surface area contributed by atoms with Crippen LogP contribution in [-0.2, 0) is 0 Å². The van der Waals surface area contributed by atoms with Gasteiger partial charge >= 0.3 is 5.97 Å². The number of hydrogen-bond donors (Lipinski definition) is 2. The van der Waals surface area contributed by atoms with Gasteiger partial charge in [0.2, 0.25) is 5.91 Å². The maximum Gasteiger partial charge on any atom is 0.339 e. The number of carboxylic acid groups (broad SMARTS) is 1. The predicted molar refractivity (Wildman–Crippen MR) is 73.4 cm³/mol. The van der Waals surface area contributed by atoms with Crippen molar-refractivity contribution in [2.45, 2.75) is 0 Å². The highest BCUT2D eigenvalue weighted by molar-refractivity contribution is 6.31. The number of carboxylic acids is 1. The van der Waals surface area contributed by atoms with Crippen LogP contribution in [0.1, 0.15) is 20.7 Å². The first-order valence-corrected chi connectivity index (χ1v) is 5.96. The van der Waals surface area contributed by atoms with Gasteiger partial charge in [0.25, 0.3) is 0 Å². The molecule has 2 rings (SSSR count). The molecule has 5 nitrogen and oxygen atoms in total. The van der Waals surface area contributed by atoms with E-state index in [1.165, 1.54) is 42.5 Å². The smallest absolute Gasteiger partial charge is 0.339 e. The summed E-state index contributed by atoms with van der Waals surface area (Å²) >= 11 is 5.75. The average Bonchev–Trinajstić information content (AvgIpc) is 2.41. The maximum atomic E-state index is 11.1. The zero-order valence-electron chi connectivity index (χ0n) is 10.2. The van der Waals surface area contributed by atoms with E-state index in [-0.39, 0.29) is 11.3 Å². The number of rotatable bonds is 4. The van der Waals surface area contributed by atoms with Gasteiger partial charge in [-0.2, -0.15) is 0 Å². The Morgan fingerprint density at radius 2 is 1.75 bits per heavy atom. The van der Waals surface area contributed by atoms with E-state index in [4.69, 9.17) is 27.2 Å². The second-order valence-electron chi connectivity index (χ2n) is 3.94. The van der Waals surface area contributed by atoms with Crippen LogP contribution in [0.15, 0.2) is 42.5 Å². The molecule has 0 saturated carbocycles. The fraction of sp³-hybridized carbons (Fsp3) is 0. The second-order valence-corrected chi connectivity index (χ2v) is 4.37. The molecule has 2 aromatic rings. The number of halogens is 1. The molecule has 0 aliphatic carbocycles. The molecule has 0 aliphatic rings. The first-order valence-electron chi connectivity index (χ1n) is 5.58. The number of carbonyl (C=O) groups excluding carboxylic acids is 1. The lowest BCUT2D eigenvalue weighted by atomic mass is 10.2. The predicted octanol–water partition coefficient (Wildman–Crippen LogP) is 2.93. The highest BCUT2D eigenvalue weighted by Crippen LogP contribution is 2.28. The number of hydrogen-bond acceptors (Lipinski definition) is 3. The van der Waals surface area contributed by atoms with Gasteiger partial charge in [-0.3, -0.25) is 4.79 Å². The maximum absolute atomic E-state index is 11.1. The van der Waals surface area contributed by atoms with Gasteiger partial charge in [-0.15, -0.1) is 0 Å². The van der Waals surface area contributed by atoms with Crippen LogP contribution in [-0.4, -0.2) is 17.0 Å². The Hall–Kier alpha value is -2.53. The molecule has 3 N–H and O–H groups in total. The molecule has 0 heterocycles. The molecule has 6 heteroatoms. The van der Waals surface area contributed by atoms with E-state index in [1.807, 2.05) is 0 Å². The Kier molecular flexibility index (Phi) is 3.91. The lowest BCUT2D eigenvalue weighted by Gasteiger charge is -2.09. The van der Waals surface area contributed by atoms with Crippen molar-refractivity contribution in [1.82, 2.24) is 0 Å². The molecule has 0 aliphatic heterocycles. The molecule has 0 fully saturated rings. The minimum atomic E-state index is -1.14. The van der Waals surface area contributed by atoms with Crippen molar-refractivity contribution in [2.24, 2.45) is 5.73 Å². The molecule has 0 bridgehead atoms. The van der Waals surface area contributed by atoms with Crippen LogP contribution in [0.3, 0.4) is 0 Å². The molecule has 0 radical (unpaired) electrons. The lowest BCUT2D eigenvalue weighted by molar-refractivity contribution is 0.0694. The van der Waals surface area contributed by atoms with Gasteiger partial charge in [-0.05, 0) is 42.5 Å². The average molecular weight is 292 g/mol. The van der Waals surface area contributed by atoms with E-state index in [2.05, 4.69) is 0 Å². The summed E-state index contributed by atoms with van der Waals surface area (Å²) in [6, 6.07) is 10.3. The lowest BCUT2D eigenvalue weighted by Crippen LogP contribution is -2.10. The van der Waals surface area contributed by atoms with Crippen LogP contribution >= 0.6 is 11.6 Å². The molecule has 0 aromatic heterocycles. The quantitative estimate of drug-likeness (QED) is 0.906. The molecule has 0 atom stereocenters. The van der Waals surface area contributed by atoms with Gasteiger partial charge < -0.3 is 15.6 Å². The Morgan fingerprint density at radius 1 is 1.10 bits per heavy atom. The Labute approximate surface area is 119 Å². The van der Waals surface area contributed by atoms with Crippen molar-refractivity contribution in [3.8, 4) is 11.5 Å². The molecular formula is C14H10ClNO4. The van der Waals surface area contributed by atoms with E-state index in [9.17, 15) is 9.59 Å². The van der Waals surface area contributed by atoms with Gasteiger partial charge in [0.15, 0.2) is 0 Å². The van der Waals surface area contributed by atoms with Crippen molar-refractivity contribution in [2.75, 3.05) is 0 Å². The second kappa shape index (κ2) is 5.63. The third kappa shape index (κ3) is 3.07. The molecule has 1 amide bonds. The van der Waals surface area contributed by atoms with Crippen LogP contribution in [0, 0.1) is 0 Å². The summed E-state index contributed by atoms with van der Waals surface area (Å²) in [6.45, 7) is 0. The van der Waals surface area contributed by atoms with Gasteiger partial charge in [-0.25, -0.2) is 4.79 Å². The van der Waals surface area contributed by atoms with Crippen LogP contribution in [0.25, 0.3) is 0 Å². The Bertz CT molecular complexity index is 667. The first-order chi connectivity index (χ1) is 9.47. The van der Waals surface area contributed by atoms with E-state index in [0.717, 1.165) is 0 Å². The zero-order valence-corrected chi connectivity index (χ0v) is 10.9. The number of aromatic carboxylic acids is 1. The molecule has 102 valence electrons. The van der Waals surface area contributed by atoms with Gasteiger partial charge in [-0.1, -0.05) is 11.6 Å². The molecule has 2 aromatic carbocycles. The van der Waals surface area contributed by atoms with E-state index in [0.29, 0.717) is 16.3 Å². The van der Waals surface area contributed by atoms with Gasteiger partial charge in [0.05, 0.1) is 0 Å². The van der Waals surface area contributed by atoms with Gasteiger partial charge in [0.1, 0.15) is 17.1 Å². The summed E-state index contributed by atoms with van der Waals surface area (Å²) in [5, 5.41) is 9.39. The Morgan fingerprint density at radius 3 is 2.30 bits per heavy atom. The molecular weight excluding hydrogens is 282 g/mol. The molecule has 0 spiro atoms. The summed E-state index contributed by atoms with van der Waals surface area (Å²) in [6.07, 6.45) is 0. The summed E-state index contributed by atoms with van der Waals surface area (Å²) in [5.41, 5.74) is 5.42. The van der Waals surface area contributed by atoms with E-state index < -0.39 is 11.9 Å². The molecule has 0 unspecified atom stereocenters. The minimum absolute atomic E-state index is 0.0449. The van der Waals surface area contributed by atoms with E-state index >= 15 is 0 Å². The summed E-state index contributed by atoms with van der Waals surface area (Å²) in [4.78, 5) is 22.0. The van der Waals surface area contributed by atoms with E-state index in [1.54, 1.807) is 0 Å². The number of amides is 1. The molecule has 0 saturated heterocycles. The topological polar surface area (TPSA) is 89.6 Å². The van der Waals surface area contributed by atoms with Crippen molar-refractivity contribution >= 4 is 23.5 Å². The number of primary amides is 1. The fourth-order valence-electron chi connectivity index (χ4n) is 1.57. The van der Waals surface area contributed by atoms with Crippen LogP contribution < -0.4 is 10.5 Å². The van der Waals surface area contributed by atoms with Crippen molar-refractivity contribution in [1.29, 1.82) is 0 Å². The normalized spacial score (nSPS) is 10.1. The number of benzene rings is 2. The first kappa shape index (κ1) is 13.9. The van der Waals surface area contributed by atoms with Crippen LogP contribution in [0.4, 0.5) is 0 Å². The van der Waals surface area contributed by atoms with Crippen molar-refractivity contribution in [3.05, 3.63) is 58.6 Å². The number of ether oxygens (including phenoxy) is 1. The summed E-state index contributed by atoms with van der Waals surface area (Å²) in [7, 11) is 0. The largest absolute Gasteiger partial charge is 0.478 e. The third-order valence-electron chi connectivity index (χ3n) is 2.54. The number of carbonyl (C=O) groups is 2. The molecule has 20 heavy (non-hydrogen) atoms. The van der Waals surface area contributed by atoms with Crippen LogP contribution in [0.2, 0.25) is 5.02 Å². The van der Waals surface area contributed by atoms with Crippen molar-refractivity contribution < 1.29 is 19.4 Å². The Balaban J connectivity index is 2.30. The standard InChI is InChI=1S/C14H10ClNO4/c15-9-3-6-12(11(7-9)14(18)19)20-10-4-1-8(2-5-10)13(16)17/h1-7H,(H2,16,17)(H,18,19). The third-order valence-corrected chi connectivity index (χ3v) is 2.77. The number of nitrogens with two attached hydrogens (primary N) is 1. The SMILES string of the molecule is NC(=O)c1ccc(Oc2ccc(Cl)cc2C(=O)O)cc1. The highest BCUT2D eigenvalue weighted by Gasteiger charge is 2.13. The van der Waals surface area contributed by atoms with Crippen molar-refractivity contribution in [3.63, 3.8) is 0 Å². The fourth-order valence-corrected chi connectivity index (χ4v) is 1.74.